The molecule has 152 valence electrons. The van der Waals surface area contributed by atoms with E-state index in [0.717, 1.165) is 18.2 Å². The lowest BCUT2D eigenvalue weighted by Gasteiger charge is -2.26. The molecular weight excluding hydrogens is 387 g/mol. The van der Waals surface area contributed by atoms with Gasteiger partial charge in [-0.25, -0.2) is 27.5 Å². The number of hydrogen-bond donors (Lipinski definition) is 1. The lowest BCUT2D eigenvalue weighted by molar-refractivity contribution is 0.0529. The van der Waals surface area contributed by atoms with Gasteiger partial charge in [-0.1, -0.05) is 0 Å². The molecule has 1 aliphatic rings. The fourth-order valence-corrected chi connectivity index (χ4v) is 3.60. The zero-order valence-corrected chi connectivity index (χ0v) is 15.5. The Bertz CT molecular complexity index is 1090. The number of nitrogens with two attached hydrogens (primary N) is 1. The van der Waals surface area contributed by atoms with E-state index in [1.165, 1.54) is 10.7 Å². The van der Waals surface area contributed by atoms with Crippen molar-refractivity contribution in [3.63, 3.8) is 0 Å². The topological polar surface area (TPSA) is 85.8 Å². The molecule has 1 aliphatic heterocycles. The molecule has 10 heteroatoms. The summed E-state index contributed by atoms with van der Waals surface area (Å²) in [5, 5.41) is 4.03. The summed E-state index contributed by atoms with van der Waals surface area (Å²) in [5.74, 6) is -1.68. The van der Waals surface area contributed by atoms with Crippen LogP contribution in [0.25, 0.3) is 5.65 Å². The lowest BCUT2D eigenvalue weighted by atomic mass is 10.0. The Morgan fingerprint density at radius 1 is 1.34 bits per heavy atom. The molecule has 0 aliphatic carbocycles. The summed E-state index contributed by atoms with van der Waals surface area (Å²) in [4.78, 5) is 18.2. The molecule has 1 aromatic carbocycles. The third-order valence-corrected chi connectivity index (χ3v) is 4.84. The Morgan fingerprint density at radius 3 is 2.90 bits per heavy atom. The largest absolute Gasteiger partial charge is 0.462 e. The van der Waals surface area contributed by atoms with E-state index in [0.29, 0.717) is 0 Å². The van der Waals surface area contributed by atoms with Gasteiger partial charge >= 0.3 is 5.97 Å². The second-order valence-corrected chi connectivity index (χ2v) is 6.70. The van der Waals surface area contributed by atoms with Crippen molar-refractivity contribution < 1.29 is 22.7 Å². The van der Waals surface area contributed by atoms with Crippen molar-refractivity contribution in [3.05, 3.63) is 53.2 Å². The number of fused-ring (bicyclic) bond motifs is 1. The minimum absolute atomic E-state index is 0.00168. The molecule has 0 amide bonds. The van der Waals surface area contributed by atoms with Gasteiger partial charge in [-0.2, -0.15) is 0 Å². The summed E-state index contributed by atoms with van der Waals surface area (Å²) in [6, 6.07) is 3.89. The summed E-state index contributed by atoms with van der Waals surface area (Å²) >= 11 is 0. The number of nitrogens with zero attached hydrogens (tertiary/aromatic N) is 4. The molecule has 1 saturated heterocycles. The maximum atomic E-state index is 14.3. The second kappa shape index (κ2) is 7.26. The number of esters is 1. The van der Waals surface area contributed by atoms with Crippen molar-refractivity contribution in [2.45, 2.75) is 25.6 Å². The van der Waals surface area contributed by atoms with Crippen molar-refractivity contribution in [2.75, 3.05) is 23.8 Å². The number of ether oxygens (including phenoxy) is 1. The van der Waals surface area contributed by atoms with Crippen LogP contribution in [0, 0.1) is 11.6 Å². The monoisotopic (exact) mass is 405 g/mol. The maximum Gasteiger partial charge on any atom is 0.345 e. The van der Waals surface area contributed by atoms with Gasteiger partial charge in [0.25, 0.3) is 0 Å². The van der Waals surface area contributed by atoms with Gasteiger partial charge in [0.2, 0.25) is 0 Å². The highest BCUT2D eigenvalue weighted by molar-refractivity contribution is 6.00. The number of aromatic nitrogens is 3. The Kier molecular flexibility index (Phi) is 4.77. The first-order valence-electron chi connectivity index (χ1n) is 9.06. The zero-order valence-electron chi connectivity index (χ0n) is 15.5. The molecule has 0 unspecified atom stereocenters. The van der Waals surface area contributed by atoms with E-state index in [-0.39, 0.29) is 48.0 Å². The van der Waals surface area contributed by atoms with E-state index in [2.05, 4.69) is 10.1 Å². The summed E-state index contributed by atoms with van der Waals surface area (Å²) in [5.41, 5.74) is 6.01. The molecule has 0 bridgehead atoms. The first-order valence-corrected chi connectivity index (χ1v) is 9.06. The Hall–Kier alpha value is -3.30. The number of halogens is 3. The lowest BCUT2D eigenvalue weighted by Crippen LogP contribution is -2.25. The molecule has 3 aromatic rings. The minimum atomic E-state index is -1.25. The molecule has 3 heterocycles. The molecule has 2 aromatic heterocycles. The zero-order chi connectivity index (χ0) is 20.7. The summed E-state index contributed by atoms with van der Waals surface area (Å²) in [6.07, 6.45) is 0.251. The second-order valence-electron chi connectivity index (χ2n) is 6.70. The van der Waals surface area contributed by atoms with Crippen LogP contribution >= 0.6 is 0 Å². The number of alkyl halides is 1. The SMILES string of the molecule is CCOC(=O)c1c(N)nn2ccc(N3C[C@@H](F)C[C@H]3c3cc(F)ccc3F)nc12. The first kappa shape index (κ1) is 19.0. The van der Waals surface area contributed by atoms with E-state index in [9.17, 15) is 18.0 Å². The van der Waals surface area contributed by atoms with Crippen LogP contribution in [0.3, 0.4) is 0 Å². The quantitative estimate of drug-likeness (QED) is 0.672. The smallest absolute Gasteiger partial charge is 0.345 e. The number of carbonyl (C=O) groups excluding carboxylic acids is 1. The highest BCUT2D eigenvalue weighted by Gasteiger charge is 2.36. The van der Waals surface area contributed by atoms with E-state index >= 15 is 0 Å². The van der Waals surface area contributed by atoms with Gasteiger partial charge in [0.15, 0.2) is 11.5 Å². The van der Waals surface area contributed by atoms with Gasteiger partial charge in [-0.05, 0) is 31.2 Å². The fraction of sp³-hybridized carbons (Fsp3) is 0.316. The van der Waals surface area contributed by atoms with Crippen LogP contribution in [0.2, 0.25) is 0 Å². The van der Waals surface area contributed by atoms with Crippen molar-refractivity contribution >= 4 is 23.3 Å². The van der Waals surface area contributed by atoms with E-state index in [1.807, 2.05) is 0 Å². The van der Waals surface area contributed by atoms with Crippen LogP contribution in [0.5, 0.6) is 0 Å². The Labute approximate surface area is 163 Å². The van der Waals surface area contributed by atoms with Gasteiger partial charge in [0.05, 0.1) is 19.2 Å². The molecular formula is C19H18F3N5O2. The van der Waals surface area contributed by atoms with Gasteiger partial charge in [0.1, 0.15) is 29.2 Å². The fourth-order valence-electron chi connectivity index (χ4n) is 3.60. The molecule has 2 atom stereocenters. The average Bonchev–Trinajstić information content (AvgIpc) is 3.22. The highest BCUT2D eigenvalue weighted by atomic mass is 19.1. The summed E-state index contributed by atoms with van der Waals surface area (Å²) < 4.78 is 48.6. The van der Waals surface area contributed by atoms with E-state index in [1.54, 1.807) is 17.9 Å². The summed E-state index contributed by atoms with van der Waals surface area (Å²) in [7, 11) is 0. The van der Waals surface area contributed by atoms with Crippen molar-refractivity contribution in [1.29, 1.82) is 0 Å². The Balaban J connectivity index is 1.79. The van der Waals surface area contributed by atoms with Crippen LogP contribution < -0.4 is 10.6 Å². The number of rotatable bonds is 4. The van der Waals surface area contributed by atoms with E-state index < -0.39 is 29.8 Å². The normalized spacial score (nSPS) is 19.1. The molecule has 29 heavy (non-hydrogen) atoms. The number of hydrogen-bond acceptors (Lipinski definition) is 6. The van der Waals surface area contributed by atoms with Gasteiger partial charge < -0.3 is 15.4 Å². The molecule has 0 spiro atoms. The standard InChI is InChI=1S/C19H18F3N5O2/c1-2-29-19(28)16-17(23)25-27-6-5-15(24-18(16)27)26-9-11(21)8-14(26)12-7-10(20)3-4-13(12)22/h3-7,11,14H,2,8-9H2,1H3,(H2,23,25)/t11-,14-/m0/s1. The highest BCUT2D eigenvalue weighted by Crippen LogP contribution is 2.38. The van der Waals surface area contributed by atoms with E-state index in [4.69, 9.17) is 10.5 Å². The molecule has 0 saturated carbocycles. The molecule has 2 N–H and O–H groups in total. The third-order valence-electron chi connectivity index (χ3n) is 4.84. The number of anilines is 2. The first-order chi connectivity index (χ1) is 13.9. The molecule has 0 radical (unpaired) electrons. The molecule has 7 nitrogen and oxygen atoms in total. The van der Waals surface area contributed by atoms with Gasteiger partial charge in [0, 0.05) is 18.2 Å². The average molecular weight is 405 g/mol. The predicted octanol–water partition coefficient (Wildman–Crippen LogP) is 3.06. The maximum absolute atomic E-state index is 14.3. The van der Waals surface area contributed by atoms with Gasteiger partial charge in [-0.3, -0.25) is 0 Å². The number of nitrogen functional groups attached to an aromatic ring is 1. The number of benzene rings is 1. The number of carbonyl (C=O) groups is 1. The van der Waals surface area contributed by atoms with Crippen LogP contribution in [0.4, 0.5) is 24.8 Å². The molecule has 4 rings (SSSR count). The van der Waals surface area contributed by atoms with Gasteiger partial charge in [-0.15, -0.1) is 5.10 Å². The third kappa shape index (κ3) is 3.34. The van der Waals surface area contributed by atoms with Crippen LogP contribution in [0.1, 0.15) is 35.3 Å². The van der Waals surface area contributed by atoms with Crippen LogP contribution in [-0.2, 0) is 4.74 Å². The van der Waals surface area contributed by atoms with Crippen LogP contribution in [-0.4, -0.2) is 39.9 Å². The summed E-state index contributed by atoms with van der Waals surface area (Å²) in [6.45, 7) is 1.75. The Morgan fingerprint density at radius 2 is 2.14 bits per heavy atom. The molecule has 1 fully saturated rings. The van der Waals surface area contributed by atoms with Crippen molar-refractivity contribution in [2.24, 2.45) is 0 Å². The minimum Gasteiger partial charge on any atom is -0.462 e. The predicted molar refractivity (Wildman–Crippen MR) is 99.3 cm³/mol. The van der Waals surface area contributed by atoms with Crippen molar-refractivity contribution in [3.8, 4) is 0 Å². The van der Waals surface area contributed by atoms with Crippen molar-refractivity contribution in [1.82, 2.24) is 14.6 Å². The van der Waals surface area contributed by atoms with Crippen LogP contribution in [0.15, 0.2) is 30.5 Å².